The average Bonchev–Trinajstić information content (AvgIpc) is 2.61. The lowest BCUT2D eigenvalue weighted by Gasteiger charge is -2.18. The van der Waals surface area contributed by atoms with E-state index in [-0.39, 0.29) is 0 Å². The second-order valence-electron chi connectivity index (χ2n) is 4.87. The van der Waals surface area contributed by atoms with Gasteiger partial charge in [0.25, 0.3) is 0 Å². The van der Waals surface area contributed by atoms with Gasteiger partial charge >= 0.3 is 0 Å². The molecule has 1 aromatic rings. The molecule has 1 saturated heterocycles. The van der Waals surface area contributed by atoms with Crippen LogP contribution in [-0.2, 0) is 18.3 Å². The van der Waals surface area contributed by atoms with Crippen molar-refractivity contribution in [3.8, 4) is 0 Å². The lowest BCUT2D eigenvalue weighted by atomic mass is 10.2. The van der Waals surface area contributed by atoms with E-state index in [0.29, 0.717) is 18.7 Å². The van der Waals surface area contributed by atoms with Gasteiger partial charge in [0.15, 0.2) is 0 Å². The predicted molar refractivity (Wildman–Crippen MR) is 70.5 cm³/mol. The summed E-state index contributed by atoms with van der Waals surface area (Å²) in [7, 11) is 1.97. The zero-order valence-corrected chi connectivity index (χ0v) is 11.1. The van der Waals surface area contributed by atoms with Gasteiger partial charge in [0, 0.05) is 45.4 Å². The fraction of sp³-hybridized carbons (Fsp3) is 0.692. The van der Waals surface area contributed by atoms with E-state index in [1.54, 1.807) is 6.20 Å². The Morgan fingerprint density at radius 1 is 1.44 bits per heavy atom. The Morgan fingerprint density at radius 2 is 2.33 bits per heavy atom. The highest BCUT2D eigenvalue weighted by Crippen LogP contribution is 2.02. The van der Waals surface area contributed by atoms with Crippen LogP contribution in [0, 0.1) is 0 Å². The Hall–Kier alpha value is -1.20. The zero-order chi connectivity index (χ0) is 12.8. The highest BCUT2D eigenvalue weighted by Gasteiger charge is 2.13. The molecule has 0 unspecified atom stereocenters. The van der Waals surface area contributed by atoms with Crippen LogP contribution in [0.3, 0.4) is 0 Å². The number of Topliss-reactive ketones (excluding diaryl/α,β-unsaturated/α-hetero) is 1. The van der Waals surface area contributed by atoms with E-state index in [9.17, 15) is 4.79 Å². The maximum atomic E-state index is 11.9. The number of carbonyl (C=O) groups is 1. The third kappa shape index (κ3) is 3.92. The van der Waals surface area contributed by atoms with Gasteiger partial charge in [-0.05, 0) is 19.5 Å². The molecule has 0 saturated carbocycles. The number of carbonyl (C=O) groups excluding carboxylic acids is 1. The Labute approximate surface area is 108 Å². The molecule has 0 atom stereocenters. The maximum absolute atomic E-state index is 11.9. The number of rotatable bonds is 5. The van der Waals surface area contributed by atoms with Gasteiger partial charge in [0.05, 0.1) is 6.54 Å². The van der Waals surface area contributed by atoms with Crippen LogP contribution in [-0.4, -0.2) is 53.0 Å². The van der Waals surface area contributed by atoms with Crippen LogP contribution >= 0.6 is 0 Å². The first kappa shape index (κ1) is 13.2. The molecule has 0 aromatic carbocycles. The van der Waals surface area contributed by atoms with Gasteiger partial charge in [-0.15, -0.1) is 0 Å². The fourth-order valence-corrected chi connectivity index (χ4v) is 2.28. The smallest absolute Gasteiger partial charge is 0.147 e. The molecule has 0 amide bonds. The number of aryl methyl sites for hydroxylation is 2. The second-order valence-corrected chi connectivity index (χ2v) is 4.87. The molecule has 2 heterocycles. The molecule has 0 radical (unpaired) electrons. The zero-order valence-electron chi connectivity index (χ0n) is 11.1. The van der Waals surface area contributed by atoms with Crippen molar-refractivity contribution in [2.24, 2.45) is 7.05 Å². The Kier molecular flexibility index (Phi) is 4.90. The largest absolute Gasteiger partial charge is 0.338 e. The summed E-state index contributed by atoms with van der Waals surface area (Å²) < 4.78 is 1.98. The van der Waals surface area contributed by atoms with E-state index >= 15 is 0 Å². The van der Waals surface area contributed by atoms with E-state index in [1.807, 2.05) is 17.8 Å². The molecule has 2 rings (SSSR count). The Morgan fingerprint density at radius 3 is 3.11 bits per heavy atom. The first-order chi connectivity index (χ1) is 8.75. The van der Waals surface area contributed by atoms with Crippen LogP contribution in [0.2, 0.25) is 0 Å². The topological polar surface area (TPSA) is 50.2 Å². The quantitative estimate of drug-likeness (QED) is 0.812. The molecule has 1 aliphatic rings. The molecule has 100 valence electrons. The lowest BCUT2D eigenvalue weighted by molar-refractivity contribution is -0.120. The standard InChI is InChI=1S/C13H22N4O/c1-16-9-7-15-13(16)4-3-12(18)11-17-8-2-5-14-6-10-17/h7,9,14H,2-6,8,10-11H2,1H3. The van der Waals surface area contributed by atoms with Crippen molar-refractivity contribution in [1.29, 1.82) is 0 Å². The molecule has 1 N–H and O–H groups in total. The van der Waals surface area contributed by atoms with Gasteiger partial charge in [0.1, 0.15) is 11.6 Å². The molecule has 5 nitrogen and oxygen atoms in total. The van der Waals surface area contributed by atoms with Crippen molar-refractivity contribution < 1.29 is 4.79 Å². The highest BCUT2D eigenvalue weighted by molar-refractivity contribution is 5.80. The first-order valence-electron chi connectivity index (χ1n) is 6.66. The normalized spacial score (nSPS) is 17.6. The van der Waals surface area contributed by atoms with Crippen LogP contribution in [0.5, 0.6) is 0 Å². The molecular weight excluding hydrogens is 228 g/mol. The molecule has 0 bridgehead atoms. The Balaban J connectivity index is 1.73. The van der Waals surface area contributed by atoms with Crippen LogP contribution < -0.4 is 5.32 Å². The van der Waals surface area contributed by atoms with E-state index < -0.39 is 0 Å². The molecule has 0 spiro atoms. The number of nitrogens with zero attached hydrogens (tertiary/aromatic N) is 3. The summed E-state index contributed by atoms with van der Waals surface area (Å²) in [4.78, 5) is 18.4. The van der Waals surface area contributed by atoms with Gasteiger partial charge in [-0.1, -0.05) is 0 Å². The van der Waals surface area contributed by atoms with Crippen LogP contribution in [0.25, 0.3) is 0 Å². The molecule has 0 aliphatic carbocycles. The number of nitrogens with one attached hydrogen (secondary N) is 1. The average molecular weight is 250 g/mol. The van der Waals surface area contributed by atoms with Crippen molar-refractivity contribution in [2.75, 3.05) is 32.7 Å². The summed E-state index contributed by atoms with van der Waals surface area (Å²) in [6.07, 6.45) is 6.16. The summed E-state index contributed by atoms with van der Waals surface area (Å²) in [5.41, 5.74) is 0. The summed E-state index contributed by atoms with van der Waals surface area (Å²) in [5, 5.41) is 3.35. The fourth-order valence-electron chi connectivity index (χ4n) is 2.28. The molecule has 1 aliphatic heterocycles. The molecular formula is C13H22N4O. The molecule has 18 heavy (non-hydrogen) atoms. The predicted octanol–water partition coefficient (Wildman–Crippen LogP) is 0.217. The van der Waals surface area contributed by atoms with E-state index in [2.05, 4.69) is 15.2 Å². The van der Waals surface area contributed by atoms with Gasteiger partial charge < -0.3 is 9.88 Å². The number of ketones is 1. The van der Waals surface area contributed by atoms with Crippen LogP contribution in [0.15, 0.2) is 12.4 Å². The maximum Gasteiger partial charge on any atom is 0.147 e. The van der Waals surface area contributed by atoms with Gasteiger partial charge in [-0.25, -0.2) is 4.98 Å². The number of imidazole rings is 1. The highest BCUT2D eigenvalue weighted by atomic mass is 16.1. The Bertz CT molecular complexity index is 380. The summed E-state index contributed by atoms with van der Waals surface area (Å²) in [6, 6.07) is 0. The second kappa shape index (κ2) is 6.66. The molecule has 1 fully saturated rings. The SMILES string of the molecule is Cn1ccnc1CCC(=O)CN1CCCNCC1. The van der Waals surface area contributed by atoms with E-state index in [1.165, 1.54) is 0 Å². The third-order valence-corrected chi connectivity index (χ3v) is 3.38. The molecule has 1 aromatic heterocycles. The van der Waals surface area contributed by atoms with Crippen molar-refractivity contribution in [1.82, 2.24) is 19.8 Å². The number of hydrogen-bond donors (Lipinski definition) is 1. The van der Waals surface area contributed by atoms with Gasteiger partial charge in [-0.3, -0.25) is 9.69 Å². The van der Waals surface area contributed by atoms with Gasteiger partial charge in [-0.2, -0.15) is 0 Å². The molecule has 5 heteroatoms. The van der Waals surface area contributed by atoms with Crippen molar-refractivity contribution in [3.63, 3.8) is 0 Å². The van der Waals surface area contributed by atoms with Crippen LogP contribution in [0.4, 0.5) is 0 Å². The van der Waals surface area contributed by atoms with Crippen molar-refractivity contribution in [2.45, 2.75) is 19.3 Å². The minimum absolute atomic E-state index is 0.319. The van der Waals surface area contributed by atoms with Gasteiger partial charge in [0.2, 0.25) is 0 Å². The van der Waals surface area contributed by atoms with Crippen LogP contribution in [0.1, 0.15) is 18.7 Å². The van der Waals surface area contributed by atoms with E-state index in [0.717, 1.165) is 44.8 Å². The summed E-state index contributed by atoms with van der Waals surface area (Å²) in [6.45, 7) is 4.66. The summed E-state index contributed by atoms with van der Waals surface area (Å²) in [5.74, 6) is 1.31. The number of hydrogen-bond acceptors (Lipinski definition) is 4. The minimum Gasteiger partial charge on any atom is -0.338 e. The van der Waals surface area contributed by atoms with Crippen molar-refractivity contribution in [3.05, 3.63) is 18.2 Å². The van der Waals surface area contributed by atoms with Crippen molar-refractivity contribution >= 4 is 5.78 Å². The lowest BCUT2D eigenvalue weighted by Crippen LogP contribution is -2.33. The minimum atomic E-state index is 0.319. The number of aromatic nitrogens is 2. The van der Waals surface area contributed by atoms with E-state index in [4.69, 9.17) is 0 Å². The first-order valence-corrected chi connectivity index (χ1v) is 6.66. The third-order valence-electron chi connectivity index (χ3n) is 3.38. The summed E-state index contributed by atoms with van der Waals surface area (Å²) >= 11 is 0. The monoisotopic (exact) mass is 250 g/mol.